The van der Waals surface area contributed by atoms with Gasteiger partial charge in [0.15, 0.2) is 0 Å². The van der Waals surface area contributed by atoms with Crippen LogP contribution in [0.25, 0.3) is 10.2 Å². The molecule has 0 amide bonds. The van der Waals surface area contributed by atoms with Crippen molar-refractivity contribution in [3.8, 4) is 0 Å². The van der Waals surface area contributed by atoms with Crippen LogP contribution < -0.4 is 0 Å². The minimum Gasteiger partial charge on any atom is -0.477 e. The van der Waals surface area contributed by atoms with E-state index < -0.39 is 0 Å². The van der Waals surface area contributed by atoms with Crippen molar-refractivity contribution in [3.05, 3.63) is 29.3 Å². The molecule has 0 fully saturated rings. The Morgan fingerprint density at radius 3 is 3.14 bits per heavy atom. The van der Waals surface area contributed by atoms with E-state index in [9.17, 15) is 0 Å². The lowest BCUT2D eigenvalue weighted by Crippen LogP contribution is -2.06. The molecule has 0 aliphatic carbocycles. The highest BCUT2D eigenvalue weighted by atomic mass is 32.1. The van der Waals surface area contributed by atoms with E-state index >= 15 is 0 Å². The zero-order valence-electron chi connectivity index (χ0n) is 7.78. The van der Waals surface area contributed by atoms with Gasteiger partial charge in [-0.2, -0.15) is 0 Å². The van der Waals surface area contributed by atoms with Crippen molar-refractivity contribution in [2.45, 2.75) is 6.92 Å². The number of fused-ring (bicyclic) bond motifs is 1. The normalized spacial score (nSPS) is 10.4. The molecule has 0 unspecified atom stereocenters. The molecule has 4 heteroatoms. The van der Waals surface area contributed by atoms with Crippen LogP contribution in [-0.4, -0.2) is 17.5 Å². The van der Waals surface area contributed by atoms with Crippen molar-refractivity contribution in [2.24, 2.45) is 0 Å². The molecule has 2 heterocycles. The smallest absolute Gasteiger partial charge is 0.232 e. The summed E-state index contributed by atoms with van der Waals surface area (Å²) in [5.41, 5.74) is 0.599. The predicted molar refractivity (Wildman–Crippen MR) is 58.1 cm³/mol. The molecule has 2 aromatic heterocycles. The summed E-state index contributed by atoms with van der Waals surface area (Å²) in [6.07, 6.45) is 0. The van der Waals surface area contributed by atoms with E-state index in [4.69, 9.17) is 10.1 Å². The molecule has 0 aliphatic rings. The fourth-order valence-corrected chi connectivity index (χ4v) is 1.96. The van der Waals surface area contributed by atoms with Crippen LogP contribution >= 0.6 is 11.3 Å². The Kier molecular flexibility index (Phi) is 2.45. The summed E-state index contributed by atoms with van der Waals surface area (Å²) < 4.78 is 5.08. The van der Waals surface area contributed by atoms with Gasteiger partial charge >= 0.3 is 0 Å². The van der Waals surface area contributed by atoms with E-state index in [0.29, 0.717) is 12.3 Å². The molecule has 0 saturated heterocycles. The van der Waals surface area contributed by atoms with Gasteiger partial charge < -0.3 is 4.74 Å². The average molecular weight is 206 g/mol. The topological polar surface area (TPSA) is 46.0 Å². The van der Waals surface area contributed by atoms with Crippen LogP contribution in [0.3, 0.4) is 0 Å². The molecule has 0 atom stereocenters. The van der Waals surface area contributed by atoms with E-state index in [-0.39, 0.29) is 5.90 Å². The van der Waals surface area contributed by atoms with Gasteiger partial charge in [-0.25, -0.2) is 4.98 Å². The largest absolute Gasteiger partial charge is 0.477 e. The summed E-state index contributed by atoms with van der Waals surface area (Å²) in [7, 11) is 0. The van der Waals surface area contributed by atoms with Crippen molar-refractivity contribution < 1.29 is 4.74 Å². The lowest BCUT2D eigenvalue weighted by atomic mass is 10.3. The van der Waals surface area contributed by atoms with Crippen LogP contribution in [0.4, 0.5) is 0 Å². The predicted octanol–water partition coefficient (Wildman–Crippen LogP) is 2.66. The molecule has 1 N–H and O–H groups in total. The highest BCUT2D eigenvalue weighted by Crippen LogP contribution is 2.18. The number of thiophene rings is 1. The molecule has 0 radical (unpaired) electrons. The number of nitrogens with zero attached hydrogens (tertiary/aromatic N) is 1. The molecule has 0 spiro atoms. The number of nitrogens with one attached hydrogen (secondary N) is 1. The molecule has 2 aromatic rings. The highest BCUT2D eigenvalue weighted by molar-refractivity contribution is 7.16. The quantitative estimate of drug-likeness (QED) is 0.606. The average Bonchev–Trinajstić information content (AvgIpc) is 2.64. The van der Waals surface area contributed by atoms with Gasteiger partial charge in [-0.1, -0.05) is 0 Å². The fourth-order valence-electron chi connectivity index (χ4n) is 1.19. The van der Waals surface area contributed by atoms with Gasteiger partial charge in [0, 0.05) is 5.39 Å². The molecular formula is C10H10N2OS. The van der Waals surface area contributed by atoms with Crippen molar-refractivity contribution in [3.63, 3.8) is 0 Å². The number of hydrogen-bond acceptors (Lipinski definition) is 4. The van der Waals surface area contributed by atoms with Crippen molar-refractivity contribution >= 4 is 27.5 Å². The van der Waals surface area contributed by atoms with E-state index in [2.05, 4.69) is 4.98 Å². The van der Waals surface area contributed by atoms with Crippen LogP contribution in [0.1, 0.15) is 12.6 Å². The van der Waals surface area contributed by atoms with Crippen molar-refractivity contribution in [1.29, 1.82) is 5.41 Å². The van der Waals surface area contributed by atoms with Gasteiger partial charge in [0.1, 0.15) is 10.5 Å². The Labute approximate surface area is 85.9 Å². The van der Waals surface area contributed by atoms with Gasteiger partial charge in [-0.3, -0.25) is 5.41 Å². The van der Waals surface area contributed by atoms with Crippen LogP contribution in [0.2, 0.25) is 0 Å². The molecule has 0 aliphatic heterocycles. The van der Waals surface area contributed by atoms with Gasteiger partial charge in [-0.05, 0) is 30.5 Å². The SMILES string of the molecule is CCOC(=N)c1ccc2ccsc2n1. The fraction of sp³-hybridized carbons (Fsp3) is 0.200. The maximum atomic E-state index is 7.58. The molecule has 72 valence electrons. The molecule has 2 rings (SSSR count). The Balaban J connectivity index is 2.38. The Morgan fingerprint density at radius 2 is 2.36 bits per heavy atom. The summed E-state index contributed by atoms with van der Waals surface area (Å²) in [5, 5.41) is 10.7. The molecule has 0 aromatic carbocycles. The summed E-state index contributed by atoms with van der Waals surface area (Å²) in [4.78, 5) is 5.27. The number of aromatic nitrogens is 1. The molecular weight excluding hydrogens is 196 g/mol. The first kappa shape index (κ1) is 9.15. The van der Waals surface area contributed by atoms with E-state index in [1.807, 2.05) is 30.5 Å². The molecule has 14 heavy (non-hydrogen) atoms. The first-order valence-corrected chi connectivity index (χ1v) is 5.25. The van der Waals surface area contributed by atoms with Crippen LogP contribution in [0.15, 0.2) is 23.6 Å². The maximum Gasteiger partial charge on any atom is 0.232 e. The summed E-state index contributed by atoms with van der Waals surface area (Å²) in [6, 6.07) is 5.79. The first-order valence-electron chi connectivity index (χ1n) is 4.37. The van der Waals surface area contributed by atoms with Gasteiger partial charge in [0.05, 0.1) is 6.61 Å². The molecule has 0 saturated carbocycles. The van der Waals surface area contributed by atoms with Crippen LogP contribution in [0.5, 0.6) is 0 Å². The van der Waals surface area contributed by atoms with Gasteiger partial charge in [0.2, 0.25) is 5.90 Å². The van der Waals surface area contributed by atoms with Crippen molar-refractivity contribution in [2.75, 3.05) is 6.61 Å². The third kappa shape index (κ3) is 1.61. The second-order valence-corrected chi connectivity index (χ2v) is 3.67. The lowest BCUT2D eigenvalue weighted by molar-refractivity contribution is 0.324. The second-order valence-electron chi connectivity index (χ2n) is 2.77. The Hall–Kier alpha value is -1.42. The minimum atomic E-state index is 0.141. The third-order valence-electron chi connectivity index (χ3n) is 1.84. The first-order chi connectivity index (χ1) is 6.81. The zero-order chi connectivity index (χ0) is 9.97. The summed E-state index contributed by atoms with van der Waals surface area (Å²) in [5.74, 6) is 0.141. The molecule has 0 bridgehead atoms. The lowest BCUT2D eigenvalue weighted by Gasteiger charge is -2.03. The monoisotopic (exact) mass is 206 g/mol. The Bertz CT molecular complexity index is 464. The summed E-state index contributed by atoms with van der Waals surface area (Å²) in [6.45, 7) is 2.36. The van der Waals surface area contributed by atoms with Gasteiger partial charge in [0.25, 0.3) is 0 Å². The number of pyridine rings is 1. The zero-order valence-corrected chi connectivity index (χ0v) is 8.60. The number of hydrogen-bond donors (Lipinski definition) is 1. The van der Waals surface area contributed by atoms with Crippen LogP contribution in [-0.2, 0) is 4.74 Å². The number of rotatable bonds is 2. The van der Waals surface area contributed by atoms with Crippen LogP contribution in [0, 0.1) is 5.41 Å². The Morgan fingerprint density at radius 1 is 1.50 bits per heavy atom. The van der Waals surface area contributed by atoms with E-state index in [1.54, 1.807) is 11.3 Å². The summed E-state index contributed by atoms with van der Waals surface area (Å²) >= 11 is 1.57. The second kappa shape index (κ2) is 3.75. The standard InChI is InChI=1S/C10H10N2OS/c1-2-13-9(11)8-4-3-7-5-6-14-10(7)12-8/h3-6,11H,2H2,1H3. The van der Waals surface area contributed by atoms with Crippen molar-refractivity contribution in [1.82, 2.24) is 4.98 Å². The highest BCUT2D eigenvalue weighted by Gasteiger charge is 2.05. The minimum absolute atomic E-state index is 0.141. The maximum absolute atomic E-state index is 7.58. The number of ether oxygens (including phenoxy) is 1. The van der Waals surface area contributed by atoms with E-state index in [1.165, 1.54) is 0 Å². The van der Waals surface area contributed by atoms with E-state index in [0.717, 1.165) is 10.2 Å². The third-order valence-corrected chi connectivity index (χ3v) is 2.66. The van der Waals surface area contributed by atoms with Gasteiger partial charge in [-0.15, -0.1) is 11.3 Å². The molecule has 3 nitrogen and oxygen atoms in total.